The van der Waals surface area contributed by atoms with E-state index in [1.54, 1.807) is 31.3 Å². The lowest BCUT2D eigenvalue weighted by atomic mass is 9.96. The maximum Gasteiger partial charge on any atom is 0.573 e. The van der Waals surface area contributed by atoms with Gasteiger partial charge >= 0.3 is 12.1 Å². The van der Waals surface area contributed by atoms with Crippen LogP contribution in [0.1, 0.15) is 50.9 Å². The summed E-state index contributed by atoms with van der Waals surface area (Å²) < 4.78 is 43.2. The lowest BCUT2D eigenvalue weighted by molar-refractivity contribution is -0.274. The fourth-order valence-electron chi connectivity index (χ4n) is 5.13. The molecule has 8 nitrogen and oxygen atoms in total. The van der Waals surface area contributed by atoms with Crippen molar-refractivity contribution in [3.8, 4) is 11.8 Å². The first-order valence-corrected chi connectivity index (χ1v) is 12.2. The van der Waals surface area contributed by atoms with Crippen molar-refractivity contribution in [2.24, 2.45) is 7.05 Å². The second-order valence-corrected chi connectivity index (χ2v) is 9.25. The van der Waals surface area contributed by atoms with Crippen LogP contribution in [0.5, 0.6) is 5.75 Å². The van der Waals surface area contributed by atoms with Crippen molar-refractivity contribution in [1.82, 2.24) is 19.4 Å². The van der Waals surface area contributed by atoms with E-state index in [0.29, 0.717) is 29.9 Å². The first-order chi connectivity index (χ1) is 17.6. The van der Waals surface area contributed by atoms with Crippen molar-refractivity contribution in [2.45, 2.75) is 58.1 Å². The van der Waals surface area contributed by atoms with Crippen LogP contribution in [0.2, 0.25) is 0 Å². The Bertz CT molecular complexity index is 1370. The Morgan fingerprint density at radius 3 is 2.43 bits per heavy atom. The average molecular weight is 515 g/mol. The van der Waals surface area contributed by atoms with Crippen molar-refractivity contribution in [3.05, 3.63) is 58.1 Å². The zero-order valence-electron chi connectivity index (χ0n) is 21.2. The number of ether oxygens (including phenoxy) is 1. The van der Waals surface area contributed by atoms with Crippen molar-refractivity contribution < 1.29 is 17.9 Å². The van der Waals surface area contributed by atoms with E-state index in [-0.39, 0.29) is 29.6 Å². The van der Waals surface area contributed by atoms with Gasteiger partial charge in [-0.1, -0.05) is 26.0 Å². The molecular formula is C26H29F3N6O2. The van der Waals surface area contributed by atoms with E-state index in [2.05, 4.69) is 44.4 Å². The summed E-state index contributed by atoms with van der Waals surface area (Å²) in [7, 11) is 1.63. The molecule has 1 aromatic carbocycles. The largest absolute Gasteiger partial charge is 0.573 e. The molecule has 37 heavy (non-hydrogen) atoms. The molecule has 0 bridgehead atoms. The highest BCUT2D eigenvalue weighted by Crippen LogP contribution is 2.35. The summed E-state index contributed by atoms with van der Waals surface area (Å²) >= 11 is 0. The lowest BCUT2D eigenvalue weighted by Gasteiger charge is -2.49. The zero-order valence-corrected chi connectivity index (χ0v) is 21.2. The molecule has 0 N–H and O–H groups in total. The summed E-state index contributed by atoms with van der Waals surface area (Å²) in [4.78, 5) is 25.9. The summed E-state index contributed by atoms with van der Waals surface area (Å²) in [5, 5.41) is 9.37. The van der Waals surface area contributed by atoms with Crippen LogP contribution >= 0.6 is 0 Å². The molecule has 0 saturated carbocycles. The number of aryl methyl sites for hydroxylation is 1. The summed E-state index contributed by atoms with van der Waals surface area (Å²) in [5.41, 5.74) is 1.86. The second kappa shape index (κ2) is 10.4. The molecule has 1 saturated heterocycles. The van der Waals surface area contributed by atoms with Gasteiger partial charge in [0, 0.05) is 38.3 Å². The maximum absolute atomic E-state index is 12.7. The number of rotatable bonds is 6. The SMILES string of the molecule is CCC1CN(c2nc(=O)n(C)c3ccc(C#N)nc23)C(C)CN1C(CC)c1ccc(OC(F)(F)F)cc1. The number of halogens is 3. The molecule has 3 unspecified atom stereocenters. The smallest absolute Gasteiger partial charge is 0.406 e. The number of benzene rings is 1. The lowest BCUT2D eigenvalue weighted by Crippen LogP contribution is -2.58. The van der Waals surface area contributed by atoms with Crippen LogP contribution in [-0.4, -0.2) is 51.0 Å². The molecule has 0 spiro atoms. The molecule has 196 valence electrons. The average Bonchev–Trinajstić information content (AvgIpc) is 2.86. The molecule has 3 heterocycles. The number of aromatic nitrogens is 3. The first-order valence-electron chi connectivity index (χ1n) is 12.2. The summed E-state index contributed by atoms with van der Waals surface area (Å²) in [5.74, 6) is 0.215. The van der Waals surface area contributed by atoms with Crippen molar-refractivity contribution in [3.63, 3.8) is 0 Å². The van der Waals surface area contributed by atoms with Gasteiger partial charge < -0.3 is 9.64 Å². The van der Waals surface area contributed by atoms with E-state index >= 15 is 0 Å². The summed E-state index contributed by atoms with van der Waals surface area (Å²) in [6.45, 7) is 7.41. The van der Waals surface area contributed by atoms with E-state index in [4.69, 9.17) is 0 Å². The Morgan fingerprint density at radius 1 is 1.14 bits per heavy atom. The Balaban J connectivity index is 1.66. The molecule has 1 fully saturated rings. The molecule has 0 radical (unpaired) electrons. The normalized spacial score (nSPS) is 19.6. The molecule has 1 aliphatic rings. The van der Waals surface area contributed by atoms with Crippen LogP contribution in [0.4, 0.5) is 19.0 Å². The standard InChI is InChI=1S/C26H29F3N6O2/c1-5-19-15-34(24-23-22(33(4)25(36)32-24)12-9-18(13-30)31-23)16(3)14-35(19)21(6-2)17-7-10-20(11-8-17)37-26(27,28)29/h7-12,16,19,21H,5-6,14-15H2,1-4H3. The predicted octanol–water partition coefficient (Wildman–Crippen LogP) is 4.54. The predicted molar refractivity (Wildman–Crippen MR) is 133 cm³/mol. The third-order valence-electron chi connectivity index (χ3n) is 6.96. The highest BCUT2D eigenvalue weighted by Gasteiger charge is 2.37. The van der Waals surface area contributed by atoms with E-state index in [9.17, 15) is 23.2 Å². The molecule has 11 heteroatoms. The Labute approximate surface area is 212 Å². The van der Waals surface area contributed by atoms with E-state index in [1.807, 2.05) is 6.92 Å². The van der Waals surface area contributed by atoms with Crippen LogP contribution in [0.25, 0.3) is 11.0 Å². The van der Waals surface area contributed by atoms with Crippen molar-refractivity contribution in [1.29, 1.82) is 5.26 Å². The maximum atomic E-state index is 12.7. The summed E-state index contributed by atoms with van der Waals surface area (Å²) in [6, 6.07) is 11.5. The number of hydrogen-bond donors (Lipinski definition) is 0. The minimum atomic E-state index is -4.73. The van der Waals surface area contributed by atoms with Crippen molar-refractivity contribution >= 4 is 16.9 Å². The van der Waals surface area contributed by atoms with Crippen LogP contribution in [-0.2, 0) is 7.05 Å². The number of anilines is 1. The Kier molecular flexibility index (Phi) is 7.41. The monoisotopic (exact) mass is 514 g/mol. The van der Waals surface area contributed by atoms with Gasteiger partial charge in [0.25, 0.3) is 0 Å². The van der Waals surface area contributed by atoms with Crippen molar-refractivity contribution in [2.75, 3.05) is 18.0 Å². The van der Waals surface area contributed by atoms with Gasteiger partial charge in [0.15, 0.2) is 5.82 Å². The van der Waals surface area contributed by atoms with Crippen LogP contribution in [0.15, 0.2) is 41.2 Å². The third kappa shape index (κ3) is 5.39. The Hall–Kier alpha value is -3.65. The number of nitrogens with zero attached hydrogens (tertiary/aromatic N) is 6. The van der Waals surface area contributed by atoms with E-state index in [0.717, 1.165) is 18.4 Å². The molecular weight excluding hydrogens is 485 g/mol. The molecule has 3 aromatic rings. The number of alkyl halides is 3. The first kappa shape index (κ1) is 26.4. The number of nitriles is 1. The molecule has 0 amide bonds. The highest BCUT2D eigenvalue weighted by atomic mass is 19.4. The number of fused-ring (bicyclic) bond motifs is 1. The third-order valence-corrected chi connectivity index (χ3v) is 6.96. The minimum absolute atomic E-state index is 0.00819. The highest BCUT2D eigenvalue weighted by molar-refractivity contribution is 5.86. The molecule has 3 atom stereocenters. The quantitative estimate of drug-likeness (QED) is 0.477. The molecule has 1 aliphatic heterocycles. The van der Waals surface area contributed by atoms with Gasteiger partial charge in [0.05, 0.1) is 5.52 Å². The summed E-state index contributed by atoms with van der Waals surface area (Å²) in [6.07, 6.45) is -3.15. The van der Waals surface area contributed by atoms with Gasteiger partial charge in [-0.25, -0.2) is 9.78 Å². The minimum Gasteiger partial charge on any atom is -0.406 e. The molecule has 0 aliphatic carbocycles. The number of pyridine rings is 1. The van der Waals surface area contributed by atoms with Gasteiger partial charge in [-0.05, 0) is 49.6 Å². The molecule has 2 aromatic heterocycles. The van der Waals surface area contributed by atoms with Gasteiger partial charge in [0.2, 0.25) is 0 Å². The molecule has 4 rings (SSSR count). The fraction of sp³-hybridized carbons (Fsp3) is 0.462. The second-order valence-electron chi connectivity index (χ2n) is 9.25. The van der Waals surface area contributed by atoms with E-state index < -0.39 is 12.1 Å². The number of hydrogen-bond acceptors (Lipinski definition) is 7. The van der Waals surface area contributed by atoms with Gasteiger partial charge in [0.1, 0.15) is 23.0 Å². The fourth-order valence-corrected chi connectivity index (χ4v) is 5.13. The topological polar surface area (TPSA) is 87.3 Å². The van der Waals surface area contributed by atoms with Crippen LogP contribution in [0, 0.1) is 11.3 Å². The number of piperazine rings is 1. The zero-order chi connectivity index (χ0) is 26.9. The van der Waals surface area contributed by atoms with Gasteiger partial charge in [-0.3, -0.25) is 9.47 Å². The van der Waals surface area contributed by atoms with Gasteiger partial charge in [-0.15, -0.1) is 13.2 Å². The van der Waals surface area contributed by atoms with Gasteiger partial charge in [-0.2, -0.15) is 10.2 Å². The van der Waals surface area contributed by atoms with E-state index in [1.165, 1.54) is 16.7 Å². The van der Waals surface area contributed by atoms with Crippen LogP contribution < -0.4 is 15.3 Å². The Morgan fingerprint density at radius 2 is 1.84 bits per heavy atom. The van der Waals surface area contributed by atoms with Crippen LogP contribution in [0.3, 0.4) is 0 Å².